The Hall–Kier alpha value is -2.59. The van der Waals surface area contributed by atoms with Gasteiger partial charge in [-0.25, -0.2) is 9.50 Å². The van der Waals surface area contributed by atoms with Crippen LogP contribution >= 0.6 is 11.6 Å². The summed E-state index contributed by atoms with van der Waals surface area (Å²) in [6, 6.07) is 4.06. The first-order valence-corrected chi connectivity index (χ1v) is 7.45. The largest absolute Gasteiger partial charge is 0.320 e. The lowest BCUT2D eigenvalue weighted by molar-refractivity contribution is 0.416. The molecule has 0 atom stereocenters. The van der Waals surface area contributed by atoms with Crippen molar-refractivity contribution in [1.29, 1.82) is 5.26 Å². The van der Waals surface area contributed by atoms with Crippen molar-refractivity contribution in [1.82, 2.24) is 24.4 Å². The van der Waals surface area contributed by atoms with Gasteiger partial charge in [0.2, 0.25) is 5.95 Å². The van der Waals surface area contributed by atoms with E-state index in [-0.39, 0.29) is 0 Å². The molecule has 0 radical (unpaired) electrons. The molecule has 1 N–H and O–H groups in total. The summed E-state index contributed by atoms with van der Waals surface area (Å²) in [4.78, 5) is 4.28. The average molecular weight is 330 g/mol. The second kappa shape index (κ2) is 5.25. The fourth-order valence-electron chi connectivity index (χ4n) is 2.20. The van der Waals surface area contributed by atoms with Crippen molar-refractivity contribution in [3.05, 3.63) is 34.9 Å². The molecule has 3 aromatic rings. The van der Waals surface area contributed by atoms with E-state index >= 15 is 0 Å². The predicted molar refractivity (Wildman–Crippen MR) is 87.9 cm³/mol. The molecule has 0 spiro atoms. The van der Waals surface area contributed by atoms with Gasteiger partial charge in [-0.05, 0) is 33.8 Å². The van der Waals surface area contributed by atoms with E-state index in [1.807, 2.05) is 19.9 Å². The second-order valence-corrected chi connectivity index (χ2v) is 6.29. The number of anilines is 2. The number of nitriles is 1. The van der Waals surface area contributed by atoms with Gasteiger partial charge in [-0.3, -0.25) is 4.68 Å². The van der Waals surface area contributed by atoms with E-state index in [0.29, 0.717) is 11.0 Å². The molecular weight excluding hydrogens is 314 g/mol. The van der Waals surface area contributed by atoms with E-state index in [4.69, 9.17) is 11.6 Å². The van der Waals surface area contributed by atoms with Crippen molar-refractivity contribution >= 4 is 28.8 Å². The number of nitrogens with one attached hydrogen (secondary N) is 1. The highest BCUT2D eigenvalue weighted by Crippen LogP contribution is 2.24. The Morgan fingerprint density at radius 2 is 2.04 bits per heavy atom. The molecule has 3 rings (SSSR count). The number of rotatable bonds is 3. The first-order valence-electron chi connectivity index (χ1n) is 7.08. The number of hydrogen-bond donors (Lipinski definition) is 1. The van der Waals surface area contributed by atoms with E-state index in [1.165, 1.54) is 0 Å². The second-order valence-electron chi connectivity index (χ2n) is 5.88. The Morgan fingerprint density at radius 1 is 1.30 bits per heavy atom. The molecule has 118 valence electrons. The van der Waals surface area contributed by atoms with Gasteiger partial charge in [0.25, 0.3) is 0 Å². The van der Waals surface area contributed by atoms with Crippen molar-refractivity contribution in [2.75, 3.05) is 5.32 Å². The summed E-state index contributed by atoms with van der Waals surface area (Å²) in [6.45, 7) is 7.39. The first kappa shape index (κ1) is 15.3. The van der Waals surface area contributed by atoms with Gasteiger partial charge in [-0.15, -0.1) is 5.10 Å². The van der Waals surface area contributed by atoms with Gasteiger partial charge in [0.1, 0.15) is 11.1 Å². The molecule has 0 fully saturated rings. The lowest BCUT2D eigenvalue weighted by Crippen LogP contribution is -2.24. The van der Waals surface area contributed by atoms with E-state index in [1.54, 1.807) is 35.4 Å². The SMILES string of the molecule is Cc1nn(C(C)(C)C#N)cc1Nc1ncc2c(Cl)cc(C)n2n1. The van der Waals surface area contributed by atoms with E-state index in [2.05, 4.69) is 26.6 Å². The van der Waals surface area contributed by atoms with E-state index in [0.717, 1.165) is 22.6 Å². The van der Waals surface area contributed by atoms with Crippen molar-refractivity contribution in [2.24, 2.45) is 0 Å². The molecule has 0 aliphatic heterocycles. The first-order chi connectivity index (χ1) is 10.8. The molecule has 3 heterocycles. The number of aryl methyl sites for hydroxylation is 2. The van der Waals surface area contributed by atoms with Gasteiger partial charge in [0.15, 0.2) is 0 Å². The number of aromatic nitrogens is 5. The smallest absolute Gasteiger partial charge is 0.245 e. The van der Waals surface area contributed by atoms with Crippen molar-refractivity contribution in [3.8, 4) is 6.07 Å². The van der Waals surface area contributed by atoms with Crippen LogP contribution < -0.4 is 5.32 Å². The van der Waals surface area contributed by atoms with Crippen LogP contribution in [0.2, 0.25) is 5.02 Å². The Kier molecular flexibility index (Phi) is 3.49. The van der Waals surface area contributed by atoms with Crippen LogP contribution in [-0.2, 0) is 5.54 Å². The van der Waals surface area contributed by atoms with Gasteiger partial charge < -0.3 is 5.32 Å². The molecule has 0 aliphatic carbocycles. The average Bonchev–Trinajstić information content (AvgIpc) is 3.01. The van der Waals surface area contributed by atoms with Crippen molar-refractivity contribution in [3.63, 3.8) is 0 Å². The summed E-state index contributed by atoms with van der Waals surface area (Å²) in [6.07, 6.45) is 3.45. The summed E-state index contributed by atoms with van der Waals surface area (Å²) in [7, 11) is 0. The third-order valence-electron chi connectivity index (χ3n) is 3.64. The van der Waals surface area contributed by atoms with Crippen molar-refractivity contribution in [2.45, 2.75) is 33.2 Å². The molecule has 3 aromatic heterocycles. The highest BCUT2D eigenvalue weighted by molar-refractivity contribution is 6.34. The summed E-state index contributed by atoms with van der Waals surface area (Å²) in [5.41, 5.74) is 2.48. The molecule has 0 saturated carbocycles. The minimum atomic E-state index is -0.722. The van der Waals surface area contributed by atoms with Crippen LogP contribution in [0.3, 0.4) is 0 Å². The molecule has 0 aromatic carbocycles. The Morgan fingerprint density at radius 3 is 2.74 bits per heavy atom. The minimum absolute atomic E-state index is 0.435. The van der Waals surface area contributed by atoms with Crippen LogP contribution in [-0.4, -0.2) is 24.4 Å². The van der Waals surface area contributed by atoms with Crippen LogP contribution in [0.4, 0.5) is 11.6 Å². The molecule has 0 amide bonds. The monoisotopic (exact) mass is 329 g/mol. The quantitative estimate of drug-likeness (QED) is 0.797. The molecule has 7 nitrogen and oxygen atoms in total. The summed E-state index contributed by atoms with van der Waals surface area (Å²) in [5.74, 6) is 0.435. The van der Waals surface area contributed by atoms with E-state index in [9.17, 15) is 5.26 Å². The van der Waals surface area contributed by atoms with Gasteiger partial charge in [0.05, 0.1) is 34.9 Å². The maximum absolute atomic E-state index is 9.22. The van der Waals surface area contributed by atoms with Gasteiger partial charge in [-0.1, -0.05) is 11.6 Å². The molecular formula is C15H16ClN7. The normalized spacial score (nSPS) is 11.7. The Balaban J connectivity index is 1.97. The zero-order chi connectivity index (χ0) is 16.8. The molecule has 0 saturated heterocycles. The lowest BCUT2D eigenvalue weighted by atomic mass is 10.1. The number of fused-ring (bicyclic) bond motifs is 1. The van der Waals surface area contributed by atoms with Crippen LogP contribution in [0, 0.1) is 25.2 Å². The van der Waals surface area contributed by atoms with Crippen LogP contribution in [0.15, 0.2) is 18.5 Å². The fraction of sp³-hybridized carbons (Fsp3) is 0.333. The van der Waals surface area contributed by atoms with Gasteiger partial charge >= 0.3 is 0 Å². The topological polar surface area (TPSA) is 83.8 Å². The lowest BCUT2D eigenvalue weighted by Gasteiger charge is -2.15. The molecule has 0 aliphatic rings. The molecule has 0 bridgehead atoms. The van der Waals surface area contributed by atoms with Crippen LogP contribution in [0.25, 0.3) is 5.52 Å². The summed E-state index contributed by atoms with van der Waals surface area (Å²) >= 11 is 6.12. The summed E-state index contributed by atoms with van der Waals surface area (Å²) < 4.78 is 3.36. The molecule has 23 heavy (non-hydrogen) atoms. The number of hydrogen-bond acceptors (Lipinski definition) is 5. The zero-order valence-electron chi connectivity index (χ0n) is 13.3. The zero-order valence-corrected chi connectivity index (χ0v) is 14.0. The fourth-order valence-corrected chi connectivity index (χ4v) is 2.49. The maximum atomic E-state index is 9.22. The third kappa shape index (κ3) is 2.62. The van der Waals surface area contributed by atoms with Crippen LogP contribution in [0.5, 0.6) is 0 Å². The van der Waals surface area contributed by atoms with Crippen LogP contribution in [0.1, 0.15) is 25.2 Å². The van der Waals surface area contributed by atoms with Gasteiger partial charge in [0, 0.05) is 5.69 Å². The highest BCUT2D eigenvalue weighted by atomic mass is 35.5. The molecule has 0 unspecified atom stereocenters. The third-order valence-corrected chi connectivity index (χ3v) is 3.94. The van der Waals surface area contributed by atoms with Crippen molar-refractivity contribution < 1.29 is 0 Å². The minimum Gasteiger partial charge on any atom is -0.320 e. The summed E-state index contributed by atoms with van der Waals surface area (Å²) in [5, 5.41) is 21.8. The predicted octanol–water partition coefficient (Wildman–Crippen LogP) is 3.20. The standard InChI is InChI=1S/C15H16ClN7/c1-9-5-11(16)13-6-18-14(21-23(9)13)19-12-7-22(20-10(12)2)15(3,4)8-17/h5-7H,1-4H3,(H,19,21). The molecule has 8 heteroatoms. The maximum Gasteiger partial charge on any atom is 0.245 e. The Bertz CT molecular complexity index is 929. The van der Waals surface area contributed by atoms with Gasteiger partial charge in [-0.2, -0.15) is 10.4 Å². The number of nitrogens with zero attached hydrogens (tertiary/aromatic N) is 6. The number of halogens is 1. The Labute approximate surface area is 138 Å². The highest BCUT2D eigenvalue weighted by Gasteiger charge is 2.22. The van der Waals surface area contributed by atoms with E-state index < -0.39 is 5.54 Å².